The highest BCUT2D eigenvalue weighted by molar-refractivity contribution is 4.95. The van der Waals surface area contributed by atoms with Crippen molar-refractivity contribution in [3.05, 3.63) is 11.8 Å². The zero-order chi connectivity index (χ0) is 8.39. The van der Waals surface area contributed by atoms with E-state index in [0.29, 0.717) is 5.92 Å². The van der Waals surface area contributed by atoms with E-state index in [-0.39, 0.29) is 0 Å². The van der Waals surface area contributed by atoms with E-state index in [4.69, 9.17) is 4.42 Å². The molecule has 1 N–H and O–H groups in total. The number of hydrogen-bond donors (Lipinski definition) is 1. The maximum atomic E-state index is 5.45. The summed E-state index contributed by atoms with van der Waals surface area (Å²) in [5.74, 6) is 1.99. The third-order valence-corrected chi connectivity index (χ3v) is 2.19. The van der Waals surface area contributed by atoms with E-state index in [1.54, 1.807) is 0 Å². The van der Waals surface area contributed by atoms with E-state index < -0.39 is 0 Å². The van der Waals surface area contributed by atoms with Crippen LogP contribution in [0.3, 0.4) is 0 Å². The van der Waals surface area contributed by atoms with Gasteiger partial charge in [-0.1, -0.05) is 6.92 Å². The monoisotopic (exact) mass is 167 g/mol. The highest BCUT2D eigenvalue weighted by atomic mass is 16.4. The summed E-state index contributed by atoms with van der Waals surface area (Å²) in [5, 5.41) is 11.2. The Bertz CT molecular complexity index is 253. The average Bonchev–Trinajstić information content (AvgIpc) is 2.75. The number of aryl methyl sites for hydroxylation is 1. The first-order chi connectivity index (χ1) is 5.90. The van der Waals surface area contributed by atoms with E-state index in [2.05, 4.69) is 15.5 Å². The Morgan fingerprint density at radius 2 is 2.50 bits per heavy atom. The van der Waals surface area contributed by atoms with Crippen molar-refractivity contribution >= 4 is 0 Å². The van der Waals surface area contributed by atoms with Crippen molar-refractivity contribution in [1.82, 2.24) is 15.5 Å². The maximum Gasteiger partial charge on any atom is 0.220 e. The number of nitrogens with one attached hydrogen (secondary N) is 1. The normalized spacial score (nSPS) is 23.2. The van der Waals surface area contributed by atoms with Gasteiger partial charge in [0.05, 0.1) is 5.92 Å². The van der Waals surface area contributed by atoms with Gasteiger partial charge in [-0.3, -0.25) is 0 Å². The molecule has 0 spiro atoms. The molecule has 1 aromatic heterocycles. The minimum absolute atomic E-state index is 0.442. The van der Waals surface area contributed by atoms with Crippen LogP contribution in [0.4, 0.5) is 0 Å². The SMILES string of the molecule is CCc1nnc(C2CCNC2)o1. The molecule has 1 aliphatic rings. The van der Waals surface area contributed by atoms with E-state index in [0.717, 1.165) is 37.7 Å². The Balaban J connectivity index is 2.11. The molecule has 0 radical (unpaired) electrons. The van der Waals surface area contributed by atoms with Gasteiger partial charge in [0, 0.05) is 13.0 Å². The van der Waals surface area contributed by atoms with Crippen LogP contribution in [0, 0.1) is 0 Å². The predicted octanol–water partition coefficient (Wildman–Crippen LogP) is 0.709. The molecule has 0 aliphatic carbocycles. The van der Waals surface area contributed by atoms with Crippen molar-refractivity contribution in [2.75, 3.05) is 13.1 Å². The molecule has 66 valence electrons. The van der Waals surface area contributed by atoms with Gasteiger partial charge in [-0.15, -0.1) is 10.2 Å². The second-order valence-corrected chi connectivity index (χ2v) is 3.08. The molecule has 1 unspecified atom stereocenters. The molecule has 0 aromatic carbocycles. The van der Waals surface area contributed by atoms with Crippen LogP contribution >= 0.6 is 0 Å². The lowest BCUT2D eigenvalue weighted by molar-refractivity contribution is 0.426. The second-order valence-electron chi connectivity index (χ2n) is 3.08. The summed E-state index contributed by atoms with van der Waals surface area (Å²) in [6.07, 6.45) is 1.94. The first kappa shape index (κ1) is 7.73. The summed E-state index contributed by atoms with van der Waals surface area (Å²) in [6.45, 7) is 4.06. The van der Waals surface area contributed by atoms with Gasteiger partial charge >= 0.3 is 0 Å². The molecule has 1 atom stereocenters. The zero-order valence-electron chi connectivity index (χ0n) is 7.21. The van der Waals surface area contributed by atoms with Crippen molar-refractivity contribution in [2.24, 2.45) is 0 Å². The van der Waals surface area contributed by atoms with E-state index in [9.17, 15) is 0 Å². The van der Waals surface area contributed by atoms with E-state index in [1.165, 1.54) is 0 Å². The summed E-state index contributed by atoms with van der Waals surface area (Å²) in [5.41, 5.74) is 0. The van der Waals surface area contributed by atoms with Gasteiger partial charge in [-0.25, -0.2) is 0 Å². The molecular weight excluding hydrogens is 154 g/mol. The Morgan fingerprint density at radius 1 is 1.58 bits per heavy atom. The van der Waals surface area contributed by atoms with Gasteiger partial charge in [0.15, 0.2) is 0 Å². The van der Waals surface area contributed by atoms with Crippen molar-refractivity contribution in [2.45, 2.75) is 25.7 Å². The van der Waals surface area contributed by atoms with Crippen LogP contribution in [0.5, 0.6) is 0 Å². The topological polar surface area (TPSA) is 51.0 Å². The third-order valence-electron chi connectivity index (χ3n) is 2.19. The molecule has 0 amide bonds. The lowest BCUT2D eigenvalue weighted by Gasteiger charge is -1.98. The first-order valence-corrected chi connectivity index (χ1v) is 4.43. The predicted molar refractivity (Wildman–Crippen MR) is 43.9 cm³/mol. The lowest BCUT2D eigenvalue weighted by atomic mass is 10.1. The minimum atomic E-state index is 0.442. The van der Waals surface area contributed by atoms with Crippen molar-refractivity contribution in [1.29, 1.82) is 0 Å². The molecule has 2 rings (SSSR count). The number of rotatable bonds is 2. The van der Waals surface area contributed by atoms with E-state index >= 15 is 0 Å². The average molecular weight is 167 g/mol. The number of aromatic nitrogens is 2. The highest BCUT2D eigenvalue weighted by Gasteiger charge is 2.21. The summed E-state index contributed by atoms with van der Waals surface area (Å²) in [4.78, 5) is 0. The molecule has 1 saturated heterocycles. The molecule has 1 aliphatic heterocycles. The van der Waals surface area contributed by atoms with Crippen LogP contribution in [0.2, 0.25) is 0 Å². The summed E-state index contributed by atoms with van der Waals surface area (Å²) in [7, 11) is 0. The zero-order valence-corrected chi connectivity index (χ0v) is 7.21. The molecule has 2 heterocycles. The van der Waals surface area contributed by atoms with Crippen LogP contribution < -0.4 is 5.32 Å². The third kappa shape index (κ3) is 1.34. The largest absolute Gasteiger partial charge is 0.425 e. The fraction of sp³-hybridized carbons (Fsp3) is 0.750. The Hall–Kier alpha value is -0.900. The van der Waals surface area contributed by atoms with Gasteiger partial charge < -0.3 is 9.73 Å². The Morgan fingerprint density at radius 3 is 3.08 bits per heavy atom. The fourth-order valence-corrected chi connectivity index (χ4v) is 1.44. The molecule has 4 heteroatoms. The van der Waals surface area contributed by atoms with Gasteiger partial charge in [-0.05, 0) is 13.0 Å². The quantitative estimate of drug-likeness (QED) is 0.704. The van der Waals surface area contributed by atoms with Crippen LogP contribution in [-0.2, 0) is 6.42 Å². The van der Waals surface area contributed by atoms with Crippen molar-refractivity contribution in [3.8, 4) is 0 Å². The molecule has 12 heavy (non-hydrogen) atoms. The number of hydrogen-bond acceptors (Lipinski definition) is 4. The van der Waals surface area contributed by atoms with Crippen LogP contribution in [0.25, 0.3) is 0 Å². The lowest BCUT2D eigenvalue weighted by Crippen LogP contribution is -2.08. The van der Waals surface area contributed by atoms with Gasteiger partial charge in [-0.2, -0.15) is 0 Å². The van der Waals surface area contributed by atoms with Gasteiger partial charge in [0.1, 0.15) is 0 Å². The van der Waals surface area contributed by atoms with Crippen molar-refractivity contribution in [3.63, 3.8) is 0 Å². The smallest absolute Gasteiger partial charge is 0.220 e. The highest BCUT2D eigenvalue weighted by Crippen LogP contribution is 2.20. The van der Waals surface area contributed by atoms with Crippen LogP contribution in [-0.4, -0.2) is 23.3 Å². The van der Waals surface area contributed by atoms with E-state index in [1.807, 2.05) is 6.92 Å². The summed E-state index contributed by atoms with van der Waals surface area (Å²) < 4.78 is 5.45. The molecule has 1 fully saturated rings. The maximum absolute atomic E-state index is 5.45. The second kappa shape index (κ2) is 3.23. The standard InChI is InChI=1S/C8H13N3O/c1-2-7-10-11-8(12-7)6-3-4-9-5-6/h6,9H,2-5H2,1H3. The molecule has 4 nitrogen and oxygen atoms in total. The molecule has 0 saturated carbocycles. The fourth-order valence-electron chi connectivity index (χ4n) is 1.44. The summed E-state index contributed by atoms with van der Waals surface area (Å²) in [6, 6.07) is 0. The molecular formula is C8H13N3O. The van der Waals surface area contributed by atoms with Gasteiger partial charge in [0.2, 0.25) is 11.8 Å². The van der Waals surface area contributed by atoms with Crippen LogP contribution in [0.1, 0.15) is 31.0 Å². The first-order valence-electron chi connectivity index (χ1n) is 4.43. The van der Waals surface area contributed by atoms with Crippen LogP contribution in [0.15, 0.2) is 4.42 Å². The van der Waals surface area contributed by atoms with Crippen molar-refractivity contribution < 1.29 is 4.42 Å². The Labute approximate surface area is 71.4 Å². The molecule has 1 aromatic rings. The minimum Gasteiger partial charge on any atom is -0.425 e. The Kier molecular flexibility index (Phi) is 2.08. The van der Waals surface area contributed by atoms with Gasteiger partial charge in [0.25, 0.3) is 0 Å². The summed E-state index contributed by atoms with van der Waals surface area (Å²) >= 11 is 0. The number of nitrogens with zero attached hydrogens (tertiary/aromatic N) is 2. The molecule has 0 bridgehead atoms.